The first kappa shape index (κ1) is 11.1. The number of hydrogen-bond acceptors (Lipinski definition) is 0. The lowest BCUT2D eigenvalue weighted by atomic mass is 9.71. The molecule has 0 aromatic heterocycles. The highest BCUT2D eigenvalue weighted by Gasteiger charge is 2.65. The van der Waals surface area contributed by atoms with Gasteiger partial charge in [0.1, 0.15) is 0 Å². The van der Waals surface area contributed by atoms with Crippen LogP contribution >= 0.6 is 0 Å². The van der Waals surface area contributed by atoms with Crippen molar-refractivity contribution in [1.82, 2.24) is 0 Å². The van der Waals surface area contributed by atoms with Crippen molar-refractivity contribution >= 4 is 0 Å². The third-order valence-electron chi connectivity index (χ3n) is 6.69. The van der Waals surface area contributed by atoms with E-state index in [2.05, 4.69) is 27.7 Å². The first-order valence-electron chi connectivity index (χ1n) is 7.60. The SMILES string of the molecule is CCC(C)C(C)C1(C(C)CC2C3CC32)CC1. The zero-order valence-electron chi connectivity index (χ0n) is 11.5. The summed E-state index contributed by atoms with van der Waals surface area (Å²) in [6.07, 6.45) is 7.58. The summed E-state index contributed by atoms with van der Waals surface area (Å²) < 4.78 is 0. The molecular weight excluding hydrogens is 192 g/mol. The maximum absolute atomic E-state index is 2.56. The first-order chi connectivity index (χ1) is 7.60. The van der Waals surface area contributed by atoms with Crippen molar-refractivity contribution in [3.8, 4) is 0 Å². The fourth-order valence-electron chi connectivity index (χ4n) is 4.37. The molecule has 3 rings (SSSR count). The number of rotatable bonds is 6. The second-order valence-corrected chi connectivity index (χ2v) is 7.27. The van der Waals surface area contributed by atoms with Gasteiger partial charge in [-0.25, -0.2) is 0 Å². The van der Waals surface area contributed by atoms with Crippen LogP contribution in [0.2, 0.25) is 0 Å². The van der Waals surface area contributed by atoms with Gasteiger partial charge in [-0.1, -0.05) is 34.1 Å². The van der Waals surface area contributed by atoms with Gasteiger partial charge in [-0.05, 0) is 66.6 Å². The molecule has 5 atom stereocenters. The van der Waals surface area contributed by atoms with E-state index in [0.717, 1.165) is 23.2 Å². The molecule has 0 heteroatoms. The highest BCUT2D eigenvalue weighted by Crippen LogP contribution is 2.72. The van der Waals surface area contributed by atoms with Crippen molar-refractivity contribution in [3.63, 3.8) is 0 Å². The molecule has 0 saturated heterocycles. The smallest absolute Gasteiger partial charge is 0.0243 e. The quantitative estimate of drug-likeness (QED) is 0.606. The summed E-state index contributed by atoms with van der Waals surface area (Å²) in [5.41, 5.74) is 0.768. The molecule has 0 amide bonds. The fraction of sp³-hybridized carbons (Fsp3) is 1.00. The third kappa shape index (κ3) is 1.56. The molecule has 0 spiro atoms. The standard InChI is InChI=1S/C16H28/c1-5-10(2)12(4)16(6-7-16)11(3)8-13-14-9-15(13)14/h10-15H,5-9H2,1-4H3. The molecule has 16 heavy (non-hydrogen) atoms. The zero-order valence-corrected chi connectivity index (χ0v) is 11.5. The van der Waals surface area contributed by atoms with Crippen LogP contribution < -0.4 is 0 Å². The van der Waals surface area contributed by atoms with Gasteiger partial charge in [0.2, 0.25) is 0 Å². The summed E-state index contributed by atoms with van der Waals surface area (Å²) in [6.45, 7) is 9.92. The van der Waals surface area contributed by atoms with Crippen LogP contribution in [0.4, 0.5) is 0 Å². The molecule has 0 bridgehead atoms. The Hall–Kier alpha value is 0. The lowest BCUT2D eigenvalue weighted by molar-refractivity contribution is 0.149. The van der Waals surface area contributed by atoms with Crippen LogP contribution in [0.25, 0.3) is 0 Å². The van der Waals surface area contributed by atoms with Gasteiger partial charge in [-0.2, -0.15) is 0 Å². The van der Waals surface area contributed by atoms with Crippen LogP contribution in [0.3, 0.4) is 0 Å². The fourth-order valence-corrected chi connectivity index (χ4v) is 4.37. The Morgan fingerprint density at radius 2 is 1.75 bits per heavy atom. The number of hydrogen-bond donors (Lipinski definition) is 0. The molecule has 0 aliphatic heterocycles. The van der Waals surface area contributed by atoms with E-state index in [-0.39, 0.29) is 0 Å². The Labute approximate surface area is 101 Å². The van der Waals surface area contributed by atoms with E-state index < -0.39 is 0 Å². The molecule has 0 radical (unpaired) electrons. The lowest BCUT2D eigenvalue weighted by Crippen LogP contribution is -2.27. The average Bonchev–Trinajstić information content (AvgIpc) is 3.10. The normalized spacial score (nSPS) is 43.1. The molecule has 0 N–H and O–H groups in total. The molecule has 3 saturated carbocycles. The van der Waals surface area contributed by atoms with Crippen LogP contribution in [0, 0.1) is 40.9 Å². The van der Waals surface area contributed by atoms with Crippen LogP contribution in [0.5, 0.6) is 0 Å². The number of fused-ring (bicyclic) bond motifs is 1. The van der Waals surface area contributed by atoms with Crippen molar-refractivity contribution in [3.05, 3.63) is 0 Å². The maximum atomic E-state index is 2.56. The van der Waals surface area contributed by atoms with Gasteiger partial charge in [-0.3, -0.25) is 0 Å². The largest absolute Gasteiger partial charge is 0.0651 e. The molecule has 0 aromatic rings. The Balaban J connectivity index is 1.58. The van der Waals surface area contributed by atoms with E-state index >= 15 is 0 Å². The van der Waals surface area contributed by atoms with Crippen molar-refractivity contribution in [2.75, 3.05) is 0 Å². The van der Waals surface area contributed by atoms with Crippen LogP contribution in [-0.4, -0.2) is 0 Å². The van der Waals surface area contributed by atoms with Crippen molar-refractivity contribution in [1.29, 1.82) is 0 Å². The van der Waals surface area contributed by atoms with Crippen molar-refractivity contribution < 1.29 is 0 Å². The van der Waals surface area contributed by atoms with Gasteiger partial charge in [0.25, 0.3) is 0 Å². The minimum Gasteiger partial charge on any atom is -0.0651 e. The zero-order chi connectivity index (χ0) is 11.5. The maximum Gasteiger partial charge on any atom is -0.0243 e. The molecule has 92 valence electrons. The Morgan fingerprint density at radius 3 is 2.12 bits per heavy atom. The molecular formula is C16H28. The summed E-state index contributed by atoms with van der Waals surface area (Å²) in [4.78, 5) is 0. The predicted octanol–water partition coefficient (Wildman–Crippen LogP) is 4.74. The Bertz CT molecular complexity index is 268. The average molecular weight is 220 g/mol. The Kier molecular flexibility index (Phi) is 2.43. The monoisotopic (exact) mass is 220 g/mol. The van der Waals surface area contributed by atoms with Crippen LogP contribution in [0.15, 0.2) is 0 Å². The molecule has 3 fully saturated rings. The molecule has 5 unspecified atom stereocenters. The third-order valence-corrected chi connectivity index (χ3v) is 6.69. The summed E-state index contributed by atoms with van der Waals surface area (Å²) in [7, 11) is 0. The van der Waals surface area contributed by atoms with Gasteiger partial charge in [0, 0.05) is 0 Å². The molecule has 0 aromatic carbocycles. The summed E-state index contributed by atoms with van der Waals surface area (Å²) in [5.74, 6) is 6.49. The first-order valence-corrected chi connectivity index (χ1v) is 7.60. The van der Waals surface area contributed by atoms with E-state index in [1.54, 1.807) is 12.8 Å². The summed E-state index contributed by atoms with van der Waals surface area (Å²) in [5, 5.41) is 0. The van der Waals surface area contributed by atoms with Crippen LogP contribution in [-0.2, 0) is 0 Å². The second-order valence-electron chi connectivity index (χ2n) is 7.27. The van der Waals surface area contributed by atoms with Gasteiger partial charge in [-0.15, -0.1) is 0 Å². The minimum atomic E-state index is 0.768. The molecule has 0 heterocycles. The molecule has 3 aliphatic rings. The summed E-state index contributed by atoms with van der Waals surface area (Å²) in [6, 6.07) is 0. The van der Waals surface area contributed by atoms with Crippen molar-refractivity contribution in [2.45, 2.75) is 59.8 Å². The van der Waals surface area contributed by atoms with E-state index in [1.807, 2.05) is 0 Å². The van der Waals surface area contributed by atoms with E-state index in [9.17, 15) is 0 Å². The van der Waals surface area contributed by atoms with E-state index in [4.69, 9.17) is 0 Å². The minimum absolute atomic E-state index is 0.768. The molecule has 0 nitrogen and oxygen atoms in total. The second kappa shape index (κ2) is 3.50. The Morgan fingerprint density at radius 1 is 1.12 bits per heavy atom. The molecule has 3 aliphatic carbocycles. The van der Waals surface area contributed by atoms with E-state index in [1.165, 1.54) is 37.0 Å². The van der Waals surface area contributed by atoms with Crippen molar-refractivity contribution in [2.24, 2.45) is 40.9 Å². The van der Waals surface area contributed by atoms with Gasteiger partial charge in [0.05, 0.1) is 0 Å². The highest BCUT2D eigenvalue weighted by atomic mass is 14.7. The predicted molar refractivity (Wildman–Crippen MR) is 69.2 cm³/mol. The lowest BCUT2D eigenvalue weighted by Gasteiger charge is -2.34. The topological polar surface area (TPSA) is 0 Å². The van der Waals surface area contributed by atoms with Crippen LogP contribution in [0.1, 0.15) is 59.8 Å². The van der Waals surface area contributed by atoms with Gasteiger partial charge >= 0.3 is 0 Å². The van der Waals surface area contributed by atoms with E-state index in [0.29, 0.717) is 0 Å². The van der Waals surface area contributed by atoms with Gasteiger partial charge < -0.3 is 0 Å². The van der Waals surface area contributed by atoms with Gasteiger partial charge in [0.15, 0.2) is 0 Å². The summed E-state index contributed by atoms with van der Waals surface area (Å²) >= 11 is 0. The highest BCUT2D eigenvalue weighted by molar-refractivity contribution is 5.14.